The van der Waals surface area contributed by atoms with E-state index in [0.29, 0.717) is 23.9 Å². The van der Waals surface area contributed by atoms with Crippen molar-refractivity contribution in [1.29, 1.82) is 0 Å². The first-order chi connectivity index (χ1) is 13.8. The van der Waals surface area contributed by atoms with Crippen molar-refractivity contribution in [3.05, 3.63) is 66.9 Å². The Hall–Kier alpha value is -3.74. The number of anilines is 3. The Labute approximate surface area is 162 Å². The third kappa shape index (κ3) is 4.50. The molecule has 0 saturated heterocycles. The van der Waals surface area contributed by atoms with Gasteiger partial charge in [-0.2, -0.15) is 0 Å². The minimum absolute atomic E-state index is 0.130. The first-order valence-corrected chi connectivity index (χ1v) is 8.87. The molecule has 0 radical (unpaired) electrons. The van der Waals surface area contributed by atoms with E-state index in [1.165, 1.54) is 0 Å². The molecule has 4 rings (SSSR count). The number of ether oxygens (including phenoxy) is 3. The van der Waals surface area contributed by atoms with E-state index in [0.717, 1.165) is 17.2 Å². The van der Waals surface area contributed by atoms with E-state index in [9.17, 15) is 4.79 Å². The third-order valence-electron chi connectivity index (χ3n) is 4.03. The van der Waals surface area contributed by atoms with Crippen LogP contribution in [-0.2, 0) is 4.79 Å². The van der Waals surface area contributed by atoms with Crippen LogP contribution in [0.3, 0.4) is 0 Å². The minimum atomic E-state index is -0.130. The van der Waals surface area contributed by atoms with Gasteiger partial charge in [-0.1, -0.05) is 18.2 Å². The molecule has 0 atom stereocenters. The average Bonchev–Trinajstić information content (AvgIpc) is 3.18. The highest BCUT2D eigenvalue weighted by atomic mass is 16.7. The summed E-state index contributed by atoms with van der Waals surface area (Å²) in [4.78, 5) is 16.3. The molecule has 0 aliphatic carbocycles. The van der Waals surface area contributed by atoms with E-state index >= 15 is 0 Å². The van der Waals surface area contributed by atoms with Crippen molar-refractivity contribution in [2.75, 3.05) is 24.0 Å². The van der Waals surface area contributed by atoms with Crippen LogP contribution in [0.15, 0.2) is 66.9 Å². The SMILES string of the molecule is O=C(CCOc1ccccc1)Nc1ccc(Nc2ccc3c(c2)OCO3)nc1. The Morgan fingerprint density at radius 1 is 1.00 bits per heavy atom. The van der Waals surface area contributed by atoms with Gasteiger partial charge in [0, 0.05) is 11.8 Å². The number of para-hydroxylation sites is 1. The summed E-state index contributed by atoms with van der Waals surface area (Å²) in [5, 5.41) is 5.99. The van der Waals surface area contributed by atoms with Crippen molar-refractivity contribution in [1.82, 2.24) is 4.98 Å². The quantitative estimate of drug-likeness (QED) is 0.649. The number of hydrogen-bond donors (Lipinski definition) is 2. The molecule has 1 aromatic heterocycles. The lowest BCUT2D eigenvalue weighted by atomic mass is 10.2. The lowest BCUT2D eigenvalue weighted by Gasteiger charge is -2.09. The summed E-state index contributed by atoms with van der Waals surface area (Å²) in [6, 6.07) is 18.6. The fourth-order valence-corrected chi connectivity index (χ4v) is 2.67. The van der Waals surface area contributed by atoms with E-state index in [-0.39, 0.29) is 19.1 Å². The van der Waals surface area contributed by atoms with Crippen LogP contribution in [0.5, 0.6) is 17.2 Å². The van der Waals surface area contributed by atoms with E-state index in [4.69, 9.17) is 14.2 Å². The molecule has 0 bridgehead atoms. The molecule has 3 aromatic rings. The summed E-state index contributed by atoms with van der Waals surface area (Å²) >= 11 is 0. The van der Waals surface area contributed by atoms with Crippen LogP contribution < -0.4 is 24.8 Å². The molecule has 7 nitrogen and oxygen atoms in total. The van der Waals surface area contributed by atoms with Gasteiger partial charge in [0.1, 0.15) is 11.6 Å². The third-order valence-corrected chi connectivity index (χ3v) is 4.03. The molecule has 0 spiro atoms. The number of hydrogen-bond acceptors (Lipinski definition) is 6. The zero-order valence-corrected chi connectivity index (χ0v) is 15.1. The highest BCUT2D eigenvalue weighted by molar-refractivity contribution is 5.90. The van der Waals surface area contributed by atoms with Gasteiger partial charge < -0.3 is 24.8 Å². The summed E-state index contributed by atoms with van der Waals surface area (Å²) in [7, 11) is 0. The topological polar surface area (TPSA) is 81.7 Å². The van der Waals surface area contributed by atoms with Gasteiger partial charge in [-0.3, -0.25) is 4.79 Å². The van der Waals surface area contributed by atoms with Gasteiger partial charge >= 0.3 is 0 Å². The van der Waals surface area contributed by atoms with Crippen molar-refractivity contribution in [3.8, 4) is 17.2 Å². The lowest BCUT2D eigenvalue weighted by molar-refractivity contribution is -0.116. The Morgan fingerprint density at radius 3 is 2.64 bits per heavy atom. The zero-order valence-electron chi connectivity index (χ0n) is 15.1. The van der Waals surface area contributed by atoms with E-state index in [1.807, 2.05) is 48.5 Å². The predicted octanol–water partition coefficient (Wildman–Crippen LogP) is 3.96. The van der Waals surface area contributed by atoms with Crippen LogP contribution in [0.2, 0.25) is 0 Å². The normalized spacial score (nSPS) is 11.7. The van der Waals surface area contributed by atoms with E-state index in [2.05, 4.69) is 15.6 Å². The zero-order chi connectivity index (χ0) is 19.2. The monoisotopic (exact) mass is 377 g/mol. The number of nitrogens with zero attached hydrogens (tertiary/aromatic N) is 1. The second kappa shape index (κ2) is 8.30. The van der Waals surface area contributed by atoms with Crippen LogP contribution >= 0.6 is 0 Å². The molecule has 1 amide bonds. The van der Waals surface area contributed by atoms with Crippen molar-refractivity contribution < 1.29 is 19.0 Å². The number of amides is 1. The number of fused-ring (bicyclic) bond motifs is 1. The van der Waals surface area contributed by atoms with Crippen molar-refractivity contribution >= 4 is 23.1 Å². The van der Waals surface area contributed by atoms with Crippen LogP contribution in [0.25, 0.3) is 0 Å². The van der Waals surface area contributed by atoms with Crippen LogP contribution in [0, 0.1) is 0 Å². The van der Waals surface area contributed by atoms with Gasteiger partial charge in [0.2, 0.25) is 12.7 Å². The molecule has 2 N–H and O–H groups in total. The van der Waals surface area contributed by atoms with E-state index in [1.54, 1.807) is 18.3 Å². The number of carbonyl (C=O) groups excluding carboxylic acids is 1. The molecular formula is C21H19N3O4. The molecule has 0 unspecified atom stereocenters. The molecule has 142 valence electrons. The highest BCUT2D eigenvalue weighted by Gasteiger charge is 2.13. The number of rotatable bonds is 7. The maximum atomic E-state index is 12.0. The smallest absolute Gasteiger partial charge is 0.231 e. The van der Waals surface area contributed by atoms with Crippen molar-refractivity contribution in [2.24, 2.45) is 0 Å². The molecule has 7 heteroatoms. The summed E-state index contributed by atoms with van der Waals surface area (Å²) < 4.78 is 16.2. The van der Waals surface area contributed by atoms with Gasteiger partial charge in [-0.25, -0.2) is 4.98 Å². The highest BCUT2D eigenvalue weighted by Crippen LogP contribution is 2.34. The summed E-state index contributed by atoms with van der Waals surface area (Å²) in [5.41, 5.74) is 1.47. The molecule has 28 heavy (non-hydrogen) atoms. The van der Waals surface area contributed by atoms with Gasteiger partial charge in [0.25, 0.3) is 0 Å². The number of pyridine rings is 1. The molecule has 1 aliphatic heterocycles. The Kier molecular flexibility index (Phi) is 5.24. The van der Waals surface area contributed by atoms with Crippen LogP contribution in [-0.4, -0.2) is 24.3 Å². The first-order valence-electron chi connectivity index (χ1n) is 8.87. The molecule has 1 aliphatic rings. The molecule has 2 heterocycles. The van der Waals surface area contributed by atoms with Gasteiger partial charge in [-0.15, -0.1) is 0 Å². The van der Waals surface area contributed by atoms with Gasteiger partial charge in [0.15, 0.2) is 11.5 Å². The largest absolute Gasteiger partial charge is 0.493 e. The van der Waals surface area contributed by atoms with Gasteiger partial charge in [-0.05, 0) is 36.4 Å². The summed E-state index contributed by atoms with van der Waals surface area (Å²) in [6.45, 7) is 0.550. The Balaban J connectivity index is 1.26. The van der Waals surface area contributed by atoms with Crippen LogP contribution in [0.1, 0.15) is 6.42 Å². The Bertz CT molecular complexity index is 946. The second-order valence-corrected chi connectivity index (χ2v) is 6.08. The van der Waals surface area contributed by atoms with Crippen molar-refractivity contribution in [3.63, 3.8) is 0 Å². The summed E-state index contributed by atoms with van der Waals surface area (Å²) in [6.07, 6.45) is 1.86. The van der Waals surface area contributed by atoms with Crippen molar-refractivity contribution in [2.45, 2.75) is 6.42 Å². The van der Waals surface area contributed by atoms with Gasteiger partial charge in [0.05, 0.1) is 24.9 Å². The lowest BCUT2D eigenvalue weighted by Crippen LogP contribution is -2.15. The number of nitrogens with one attached hydrogen (secondary N) is 2. The average molecular weight is 377 g/mol. The maximum Gasteiger partial charge on any atom is 0.231 e. The Morgan fingerprint density at radius 2 is 1.82 bits per heavy atom. The van der Waals surface area contributed by atoms with E-state index < -0.39 is 0 Å². The first kappa shape index (κ1) is 17.7. The standard InChI is InChI=1S/C21H19N3O4/c25-21(10-11-26-17-4-2-1-3-5-17)24-16-7-9-20(22-13-16)23-15-6-8-18-19(12-15)28-14-27-18/h1-9,12-13H,10-11,14H2,(H,22,23)(H,24,25). The second-order valence-electron chi connectivity index (χ2n) is 6.08. The molecule has 0 fully saturated rings. The molecule has 0 saturated carbocycles. The fraction of sp³-hybridized carbons (Fsp3) is 0.143. The predicted molar refractivity (Wildman–Crippen MR) is 105 cm³/mol. The number of benzene rings is 2. The number of carbonyl (C=O) groups is 1. The van der Waals surface area contributed by atoms with Crippen LogP contribution in [0.4, 0.5) is 17.2 Å². The maximum absolute atomic E-state index is 12.0. The summed E-state index contributed by atoms with van der Waals surface area (Å²) in [5.74, 6) is 2.70. The molecular weight excluding hydrogens is 358 g/mol. The molecule has 2 aromatic carbocycles. The fourth-order valence-electron chi connectivity index (χ4n) is 2.67. The minimum Gasteiger partial charge on any atom is -0.493 e. The number of aromatic nitrogens is 1.